The first-order valence-electron chi connectivity index (χ1n) is 13.0. The molecule has 0 radical (unpaired) electrons. The molecule has 2 saturated carbocycles. The molecule has 1 saturated heterocycles. The van der Waals surface area contributed by atoms with Gasteiger partial charge >= 0.3 is 0 Å². The molecule has 1 aromatic heterocycles. The Balaban J connectivity index is 1.04. The summed E-state index contributed by atoms with van der Waals surface area (Å²) in [6.45, 7) is 4.31. The summed E-state index contributed by atoms with van der Waals surface area (Å²) in [5.41, 5.74) is 6.90. The van der Waals surface area contributed by atoms with Crippen LogP contribution in [-0.2, 0) is 11.2 Å². The first-order chi connectivity index (χ1) is 17.2. The second kappa shape index (κ2) is 10.1. The maximum atomic E-state index is 14.6. The van der Waals surface area contributed by atoms with Crippen molar-refractivity contribution in [2.45, 2.75) is 69.4 Å². The molecule has 3 N–H and O–H groups in total. The average Bonchev–Trinajstić information content (AvgIpc) is 3.51. The molecule has 2 aliphatic carbocycles. The summed E-state index contributed by atoms with van der Waals surface area (Å²) in [5, 5.41) is 3.56. The van der Waals surface area contributed by atoms with Crippen molar-refractivity contribution in [3.05, 3.63) is 47.0 Å². The van der Waals surface area contributed by atoms with Crippen LogP contribution < -0.4 is 20.7 Å². The average molecular weight is 516 g/mol. The van der Waals surface area contributed by atoms with E-state index in [0.717, 1.165) is 64.0 Å². The fourth-order valence-electron chi connectivity index (χ4n) is 5.79. The number of nitrogens with one attached hydrogen (secondary N) is 1. The molecule has 7 nitrogen and oxygen atoms in total. The number of carbonyl (C=O) groups excluding carboxylic acids is 1. The predicted octanol–water partition coefficient (Wildman–Crippen LogP) is 4.27. The SMILES string of the molecule is CC1(NC(=O)Cc2ccc(OCC[C@@H]3CC3(N)C3CCN(c4ncc(Cl)cn4)CC3)cc2F)CCC1. The number of amides is 1. The fourth-order valence-corrected chi connectivity index (χ4v) is 5.89. The van der Waals surface area contributed by atoms with Crippen LogP contribution in [0.25, 0.3) is 0 Å². The van der Waals surface area contributed by atoms with Crippen LogP contribution in [0.1, 0.15) is 57.4 Å². The third-order valence-electron chi connectivity index (χ3n) is 8.35. The maximum absolute atomic E-state index is 14.6. The minimum atomic E-state index is -0.405. The lowest BCUT2D eigenvalue weighted by molar-refractivity contribution is -0.123. The van der Waals surface area contributed by atoms with Crippen molar-refractivity contribution in [2.75, 3.05) is 24.6 Å². The van der Waals surface area contributed by atoms with E-state index in [1.54, 1.807) is 24.5 Å². The molecule has 194 valence electrons. The van der Waals surface area contributed by atoms with Crippen LogP contribution in [0, 0.1) is 17.7 Å². The summed E-state index contributed by atoms with van der Waals surface area (Å²) in [4.78, 5) is 23.1. The molecule has 0 spiro atoms. The minimum Gasteiger partial charge on any atom is -0.493 e. The van der Waals surface area contributed by atoms with E-state index in [9.17, 15) is 9.18 Å². The number of ether oxygens (including phenoxy) is 1. The highest BCUT2D eigenvalue weighted by Crippen LogP contribution is 2.52. The summed E-state index contributed by atoms with van der Waals surface area (Å²) in [7, 11) is 0. The lowest BCUT2D eigenvalue weighted by atomic mass is 9.78. The minimum absolute atomic E-state index is 0.0441. The third kappa shape index (κ3) is 5.59. The summed E-state index contributed by atoms with van der Waals surface area (Å²) in [6.07, 6.45) is 10.3. The van der Waals surface area contributed by atoms with Crippen molar-refractivity contribution >= 4 is 23.5 Å². The molecule has 9 heteroatoms. The van der Waals surface area contributed by atoms with Crippen LogP contribution in [0.5, 0.6) is 5.75 Å². The lowest BCUT2D eigenvalue weighted by Gasteiger charge is -2.39. The van der Waals surface area contributed by atoms with E-state index in [1.807, 2.05) is 6.92 Å². The van der Waals surface area contributed by atoms with E-state index in [4.69, 9.17) is 22.1 Å². The molecular weight excluding hydrogens is 481 g/mol. The van der Waals surface area contributed by atoms with Gasteiger partial charge in [-0.2, -0.15) is 0 Å². The molecule has 2 atom stereocenters. The van der Waals surface area contributed by atoms with E-state index in [-0.39, 0.29) is 23.4 Å². The zero-order valence-electron chi connectivity index (χ0n) is 20.8. The number of halogens is 2. The largest absolute Gasteiger partial charge is 0.493 e. The predicted molar refractivity (Wildman–Crippen MR) is 138 cm³/mol. The van der Waals surface area contributed by atoms with Crippen molar-refractivity contribution in [1.82, 2.24) is 15.3 Å². The molecule has 5 rings (SSSR count). The molecular formula is C27H35ClFN5O2. The Kier molecular flexibility index (Phi) is 7.10. The van der Waals surface area contributed by atoms with Crippen molar-refractivity contribution in [1.29, 1.82) is 0 Å². The van der Waals surface area contributed by atoms with Crippen LogP contribution in [0.3, 0.4) is 0 Å². The number of hydrogen-bond acceptors (Lipinski definition) is 6. The summed E-state index contributed by atoms with van der Waals surface area (Å²) >= 11 is 5.89. The van der Waals surface area contributed by atoms with Crippen LogP contribution >= 0.6 is 11.6 Å². The number of benzene rings is 1. The summed E-state index contributed by atoms with van der Waals surface area (Å²) in [6, 6.07) is 4.77. The number of anilines is 1. The molecule has 3 fully saturated rings. The van der Waals surface area contributed by atoms with Gasteiger partial charge in [0, 0.05) is 30.2 Å². The highest BCUT2D eigenvalue weighted by atomic mass is 35.5. The first kappa shape index (κ1) is 25.2. The lowest BCUT2D eigenvalue weighted by Crippen LogP contribution is -2.51. The number of carbonyl (C=O) groups is 1. The van der Waals surface area contributed by atoms with Crippen molar-refractivity contribution in [2.24, 2.45) is 17.6 Å². The Morgan fingerprint density at radius 1 is 1.28 bits per heavy atom. The van der Waals surface area contributed by atoms with E-state index >= 15 is 0 Å². The van der Waals surface area contributed by atoms with Gasteiger partial charge in [-0.3, -0.25) is 4.79 Å². The van der Waals surface area contributed by atoms with Gasteiger partial charge < -0.3 is 20.7 Å². The van der Waals surface area contributed by atoms with Gasteiger partial charge in [0.1, 0.15) is 11.6 Å². The van der Waals surface area contributed by atoms with Crippen LogP contribution in [-0.4, -0.2) is 46.6 Å². The van der Waals surface area contributed by atoms with Gasteiger partial charge in [-0.05, 0) is 75.3 Å². The maximum Gasteiger partial charge on any atom is 0.225 e. The number of piperidine rings is 1. The summed E-state index contributed by atoms with van der Waals surface area (Å²) < 4.78 is 20.4. The number of nitrogens with two attached hydrogens (primary N) is 1. The Morgan fingerprint density at radius 2 is 2.00 bits per heavy atom. The fraction of sp³-hybridized carbons (Fsp3) is 0.593. The molecule has 2 heterocycles. The van der Waals surface area contributed by atoms with Gasteiger partial charge in [0.25, 0.3) is 0 Å². The van der Waals surface area contributed by atoms with Gasteiger partial charge in [-0.15, -0.1) is 0 Å². The van der Waals surface area contributed by atoms with Crippen molar-refractivity contribution < 1.29 is 13.9 Å². The first-order valence-corrected chi connectivity index (χ1v) is 13.4. The smallest absolute Gasteiger partial charge is 0.225 e. The third-order valence-corrected chi connectivity index (χ3v) is 8.55. The second-order valence-corrected chi connectivity index (χ2v) is 11.4. The molecule has 1 unspecified atom stereocenters. The molecule has 1 aliphatic heterocycles. The highest BCUT2D eigenvalue weighted by Gasteiger charge is 2.55. The second-order valence-electron chi connectivity index (χ2n) is 11.0. The van der Waals surface area contributed by atoms with E-state index in [2.05, 4.69) is 20.2 Å². The van der Waals surface area contributed by atoms with Gasteiger partial charge in [0.2, 0.25) is 11.9 Å². The monoisotopic (exact) mass is 515 g/mol. The van der Waals surface area contributed by atoms with Crippen LogP contribution in [0.15, 0.2) is 30.6 Å². The van der Waals surface area contributed by atoms with Crippen molar-refractivity contribution in [3.63, 3.8) is 0 Å². The highest BCUT2D eigenvalue weighted by molar-refractivity contribution is 6.30. The molecule has 1 amide bonds. The van der Waals surface area contributed by atoms with E-state index in [0.29, 0.717) is 34.8 Å². The molecule has 36 heavy (non-hydrogen) atoms. The number of rotatable bonds is 9. The standard InChI is InChI=1S/C27H35ClFN5O2/c1-26(8-2-9-26)33-24(35)13-18-3-4-22(14-23(18)29)36-12-7-20-15-27(20,30)19-5-10-34(11-6-19)25-31-16-21(28)17-32-25/h3-4,14,16-17,19-20H,2,5-13,15,30H2,1H3,(H,33,35)/t20-,27?/m1/s1. The Bertz CT molecular complexity index is 1090. The van der Waals surface area contributed by atoms with Gasteiger partial charge in [0.05, 0.1) is 30.4 Å². The van der Waals surface area contributed by atoms with Gasteiger partial charge in [-0.1, -0.05) is 17.7 Å². The molecule has 1 aromatic carbocycles. The van der Waals surface area contributed by atoms with E-state index in [1.165, 1.54) is 6.07 Å². The quantitative estimate of drug-likeness (QED) is 0.518. The molecule has 3 aliphatic rings. The topological polar surface area (TPSA) is 93.4 Å². The zero-order chi connectivity index (χ0) is 25.3. The van der Waals surface area contributed by atoms with Crippen LogP contribution in [0.4, 0.5) is 10.3 Å². The van der Waals surface area contributed by atoms with Crippen LogP contribution in [0.2, 0.25) is 5.02 Å². The number of aromatic nitrogens is 2. The van der Waals surface area contributed by atoms with Gasteiger partial charge in [0.15, 0.2) is 0 Å². The Labute approximate surface area is 217 Å². The molecule has 0 bridgehead atoms. The van der Waals surface area contributed by atoms with E-state index < -0.39 is 5.82 Å². The number of hydrogen-bond donors (Lipinski definition) is 2. The summed E-state index contributed by atoms with van der Waals surface area (Å²) in [5.74, 6) is 1.55. The zero-order valence-corrected chi connectivity index (χ0v) is 21.6. The normalized spacial score (nSPS) is 25.2. The van der Waals surface area contributed by atoms with Crippen molar-refractivity contribution in [3.8, 4) is 5.75 Å². The molecule has 2 aromatic rings. The Morgan fingerprint density at radius 3 is 2.64 bits per heavy atom. The van der Waals surface area contributed by atoms with Gasteiger partial charge in [-0.25, -0.2) is 14.4 Å². The Hall–Kier alpha value is -2.45. The number of nitrogens with zero attached hydrogens (tertiary/aromatic N) is 3.